The number of aliphatic hydroxyl groups excluding tert-OH is 3. The lowest BCUT2D eigenvalue weighted by Gasteiger charge is -2.38. The first-order valence-electron chi connectivity index (χ1n) is 11.5. The van der Waals surface area contributed by atoms with E-state index in [2.05, 4.69) is 15.3 Å². The summed E-state index contributed by atoms with van der Waals surface area (Å²) in [6, 6.07) is 5.66. The second kappa shape index (κ2) is 13.5. The summed E-state index contributed by atoms with van der Waals surface area (Å²) in [4.78, 5) is 30.9. The van der Waals surface area contributed by atoms with Gasteiger partial charge >= 0.3 is 12.0 Å². The number of carbonyl (C=O) groups excluding carboxylic acids is 1. The number of aromatic nitrogens is 2. The average molecular weight is 589 g/mol. The molecule has 1 aromatic carbocycles. The van der Waals surface area contributed by atoms with Crippen LogP contribution in [0.2, 0.25) is 0 Å². The minimum Gasteiger partial charge on any atom is -0.492 e. The van der Waals surface area contributed by atoms with Crippen LogP contribution < -0.4 is 24.2 Å². The van der Waals surface area contributed by atoms with Crippen LogP contribution in [0.3, 0.4) is 0 Å². The molecule has 0 spiro atoms. The third-order valence-electron chi connectivity index (χ3n) is 5.33. The number of hydrogen-bond acceptors (Lipinski definition) is 14. The van der Waals surface area contributed by atoms with E-state index in [1.54, 1.807) is 0 Å². The van der Waals surface area contributed by atoms with Crippen LogP contribution in [0.15, 0.2) is 35.2 Å². The van der Waals surface area contributed by atoms with Gasteiger partial charge in [-0.1, -0.05) is 12.1 Å². The molecule has 1 aromatic heterocycles. The zero-order chi connectivity index (χ0) is 29.4. The van der Waals surface area contributed by atoms with Crippen LogP contribution in [0.4, 0.5) is 10.7 Å². The van der Waals surface area contributed by atoms with E-state index in [4.69, 9.17) is 28.8 Å². The number of urea groups is 1. The van der Waals surface area contributed by atoms with Gasteiger partial charge in [-0.25, -0.2) is 22.7 Å². The number of ether oxygens (including phenoxy) is 5. The highest BCUT2D eigenvalue weighted by atomic mass is 32.2. The number of sulfonamides is 1. The number of aliphatic hydroxyl groups is 3. The second-order valence-corrected chi connectivity index (χ2v) is 9.74. The summed E-state index contributed by atoms with van der Waals surface area (Å²) < 4.78 is 53.3. The van der Waals surface area contributed by atoms with Crippen molar-refractivity contribution in [2.45, 2.75) is 42.0 Å². The molecule has 6 N–H and O–H groups in total. The van der Waals surface area contributed by atoms with E-state index in [0.29, 0.717) is 0 Å². The fraction of sp³-hybridized carbons (Fsp3) is 0.455. The van der Waals surface area contributed by atoms with Gasteiger partial charge in [0.05, 0.1) is 33.5 Å². The summed E-state index contributed by atoms with van der Waals surface area (Å²) in [5, 5.41) is 40.8. The first-order chi connectivity index (χ1) is 19.0. The van der Waals surface area contributed by atoms with Crippen LogP contribution in [0.1, 0.15) is 6.42 Å². The molecule has 0 bridgehead atoms. The van der Waals surface area contributed by atoms with E-state index >= 15 is 0 Å². The van der Waals surface area contributed by atoms with Gasteiger partial charge in [0, 0.05) is 6.42 Å². The number of anilines is 1. The lowest BCUT2D eigenvalue weighted by molar-refractivity contribution is -0.294. The predicted molar refractivity (Wildman–Crippen MR) is 131 cm³/mol. The van der Waals surface area contributed by atoms with Gasteiger partial charge in [-0.3, -0.25) is 5.32 Å². The van der Waals surface area contributed by atoms with E-state index in [1.165, 1.54) is 44.6 Å². The number of amides is 2. The van der Waals surface area contributed by atoms with Crippen molar-refractivity contribution in [2.75, 3.05) is 32.8 Å². The molecule has 1 aliphatic heterocycles. The Morgan fingerprint density at radius 1 is 1.00 bits per heavy atom. The van der Waals surface area contributed by atoms with Gasteiger partial charge in [0.1, 0.15) is 29.0 Å². The first-order valence-corrected chi connectivity index (χ1v) is 13.0. The van der Waals surface area contributed by atoms with Gasteiger partial charge in [-0.15, -0.1) is 0 Å². The van der Waals surface area contributed by atoms with Gasteiger partial charge in [0.2, 0.25) is 17.7 Å². The molecule has 0 radical (unpaired) electrons. The molecule has 2 aromatic rings. The molecular weight excluding hydrogens is 560 g/mol. The molecule has 40 heavy (non-hydrogen) atoms. The maximum Gasteiger partial charge on any atom is 0.335 e. The number of methoxy groups -OCH3 is 2. The number of nitrogens with zero attached hydrogens (tertiary/aromatic N) is 2. The molecule has 1 saturated heterocycles. The maximum absolute atomic E-state index is 12.9. The molecule has 2 amide bonds. The molecule has 220 valence electrons. The number of carboxylic acids is 1. The Balaban J connectivity index is 1.56. The summed E-state index contributed by atoms with van der Waals surface area (Å²) in [5.74, 6) is -1.80. The fourth-order valence-electron chi connectivity index (χ4n) is 3.39. The molecule has 0 saturated carbocycles. The Labute approximate surface area is 227 Å². The van der Waals surface area contributed by atoms with Gasteiger partial charge in [-0.2, -0.15) is 9.97 Å². The van der Waals surface area contributed by atoms with E-state index in [9.17, 15) is 33.3 Å². The molecule has 0 unspecified atom stereocenters. The zero-order valence-corrected chi connectivity index (χ0v) is 22.0. The lowest BCUT2D eigenvalue weighted by atomic mass is 9.99. The number of benzene rings is 1. The van der Waals surface area contributed by atoms with Crippen molar-refractivity contribution >= 4 is 28.0 Å². The third kappa shape index (κ3) is 7.64. The molecular formula is C22H28N4O13S. The largest absolute Gasteiger partial charge is 0.492 e. The van der Waals surface area contributed by atoms with Crippen LogP contribution in [-0.2, 0) is 24.3 Å². The first kappa shape index (κ1) is 30.7. The fourth-order valence-corrected chi connectivity index (χ4v) is 4.45. The van der Waals surface area contributed by atoms with Crippen LogP contribution in [0, 0.1) is 0 Å². The minimum atomic E-state index is -4.43. The SMILES string of the molecule is COc1cc(OC)nc(NC(=O)NS(=O)(=O)c2ccccc2OCCCO[C@H]2O[C@@H](C(=O)O)[C@H](O)[C@@H](O)[C@@H]2O)n1. The highest BCUT2D eigenvalue weighted by molar-refractivity contribution is 7.90. The molecule has 1 fully saturated rings. The van der Waals surface area contributed by atoms with Gasteiger partial charge in [-0.05, 0) is 12.1 Å². The van der Waals surface area contributed by atoms with E-state index < -0.39 is 52.7 Å². The van der Waals surface area contributed by atoms with Crippen molar-refractivity contribution in [1.82, 2.24) is 14.7 Å². The number of hydrogen-bond donors (Lipinski definition) is 6. The molecule has 17 nitrogen and oxygen atoms in total. The average Bonchev–Trinajstić information content (AvgIpc) is 2.92. The van der Waals surface area contributed by atoms with E-state index in [0.717, 1.165) is 0 Å². The van der Waals surface area contributed by atoms with Crippen molar-refractivity contribution in [2.24, 2.45) is 0 Å². The topological polar surface area (TPSA) is 245 Å². The van der Waals surface area contributed by atoms with Crippen molar-refractivity contribution in [3.05, 3.63) is 30.3 Å². The van der Waals surface area contributed by atoms with Crippen molar-refractivity contribution < 1.29 is 62.1 Å². The van der Waals surface area contributed by atoms with Gasteiger partial charge < -0.3 is 44.1 Å². The van der Waals surface area contributed by atoms with Crippen LogP contribution in [-0.4, -0.2) is 109 Å². The Hall–Kier alpha value is -3.81. The van der Waals surface area contributed by atoms with Crippen molar-refractivity contribution in [3.63, 3.8) is 0 Å². The Bertz CT molecular complexity index is 1270. The summed E-state index contributed by atoms with van der Waals surface area (Å²) in [6.07, 6.45) is -8.60. The third-order valence-corrected chi connectivity index (χ3v) is 6.70. The molecule has 18 heteroatoms. The quantitative estimate of drug-likeness (QED) is 0.157. The summed E-state index contributed by atoms with van der Waals surface area (Å²) in [6.45, 7) is -0.261. The number of para-hydroxylation sites is 1. The lowest BCUT2D eigenvalue weighted by Crippen LogP contribution is -2.60. The highest BCUT2D eigenvalue weighted by Crippen LogP contribution is 2.25. The molecule has 3 rings (SSSR count). The van der Waals surface area contributed by atoms with Crippen molar-refractivity contribution in [3.8, 4) is 17.5 Å². The number of aliphatic carboxylic acids is 1. The minimum absolute atomic E-state index is 0.0627. The van der Waals surface area contributed by atoms with Crippen LogP contribution in [0.25, 0.3) is 0 Å². The normalized spacial score (nSPS) is 22.7. The Morgan fingerprint density at radius 2 is 1.65 bits per heavy atom. The standard InChI is InChI=1S/C22H28N4O13S/c1-35-13-10-14(36-2)24-21(23-13)25-22(32)26-40(33,34)12-7-4-3-6-11(12)37-8-5-9-38-20-17(29)15(27)16(28)18(39-20)19(30)31/h3-4,6-7,10,15-18,20,27-29H,5,8-9H2,1-2H3,(H,30,31)(H2,23,24,25,26,32)/t15-,16-,17+,18-,20+/m1/s1. The number of rotatable bonds is 12. The van der Waals surface area contributed by atoms with Crippen LogP contribution in [0.5, 0.6) is 17.5 Å². The molecule has 1 aliphatic rings. The smallest absolute Gasteiger partial charge is 0.335 e. The van der Waals surface area contributed by atoms with E-state index in [-0.39, 0.29) is 48.0 Å². The highest BCUT2D eigenvalue weighted by Gasteiger charge is 2.47. The predicted octanol–water partition coefficient (Wildman–Crippen LogP) is -1.32. The molecule has 2 heterocycles. The maximum atomic E-state index is 12.9. The summed E-state index contributed by atoms with van der Waals surface area (Å²) in [7, 11) is -1.77. The molecule has 5 atom stereocenters. The van der Waals surface area contributed by atoms with Crippen molar-refractivity contribution in [1.29, 1.82) is 0 Å². The summed E-state index contributed by atoms with van der Waals surface area (Å²) >= 11 is 0. The second-order valence-electron chi connectivity index (χ2n) is 8.09. The number of carboxylic acid groups (broad SMARTS) is 1. The summed E-state index contributed by atoms with van der Waals surface area (Å²) in [5.41, 5.74) is 0. The Kier molecular flexibility index (Phi) is 10.4. The molecule has 0 aliphatic carbocycles. The van der Waals surface area contributed by atoms with Gasteiger partial charge in [0.25, 0.3) is 10.0 Å². The van der Waals surface area contributed by atoms with Gasteiger partial charge in [0.15, 0.2) is 12.4 Å². The number of nitrogens with one attached hydrogen (secondary N) is 2. The monoisotopic (exact) mass is 588 g/mol. The number of carbonyl (C=O) groups is 2. The van der Waals surface area contributed by atoms with Crippen LogP contribution >= 0.6 is 0 Å². The van der Waals surface area contributed by atoms with E-state index in [1.807, 2.05) is 4.72 Å². The zero-order valence-electron chi connectivity index (χ0n) is 21.2. The Morgan fingerprint density at radius 3 is 2.27 bits per heavy atom.